The molecule has 1 aliphatic heterocycles. The van der Waals surface area contributed by atoms with Crippen LogP contribution in [-0.4, -0.2) is 61.2 Å². The van der Waals surface area contributed by atoms with Crippen LogP contribution >= 0.6 is 0 Å². The van der Waals surface area contributed by atoms with Gasteiger partial charge in [-0.15, -0.1) is 0 Å². The summed E-state index contributed by atoms with van der Waals surface area (Å²) >= 11 is 0. The molecule has 0 aliphatic carbocycles. The van der Waals surface area contributed by atoms with E-state index >= 15 is 0 Å². The number of ether oxygens (including phenoxy) is 3. The number of methoxy groups -OCH3 is 1. The monoisotopic (exact) mass is 498 g/mol. The van der Waals surface area contributed by atoms with Crippen molar-refractivity contribution >= 4 is 25.7 Å². The Labute approximate surface area is 195 Å². The summed E-state index contributed by atoms with van der Waals surface area (Å²) in [5, 5.41) is 0. The van der Waals surface area contributed by atoms with Gasteiger partial charge >= 0.3 is 0 Å². The van der Waals surface area contributed by atoms with E-state index in [1.54, 1.807) is 27.0 Å². The van der Waals surface area contributed by atoms with E-state index < -0.39 is 20.0 Å². The first-order valence-corrected chi connectivity index (χ1v) is 13.6. The van der Waals surface area contributed by atoms with E-state index in [4.69, 9.17) is 14.2 Å². The zero-order chi connectivity index (χ0) is 24.1. The molecule has 182 valence electrons. The van der Waals surface area contributed by atoms with Gasteiger partial charge in [0.15, 0.2) is 0 Å². The van der Waals surface area contributed by atoms with Crippen LogP contribution in [0.25, 0.3) is 0 Å². The fourth-order valence-corrected chi connectivity index (χ4v) is 6.32. The predicted octanol–water partition coefficient (Wildman–Crippen LogP) is 3.00. The molecule has 0 amide bonds. The lowest BCUT2D eigenvalue weighted by molar-refractivity contribution is 0.146. The van der Waals surface area contributed by atoms with Crippen LogP contribution in [0.15, 0.2) is 46.2 Å². The Balaban J connectivity index is 1.88. The second kappa shape index (κ2) is 10.7. The summed E-state index contributed by atoms with van der Waals surface area (Å²) in [6.07, 6.45) is 1.58. The molecule has 3 rings (SSSR count). The molecule has 1 N–H and O–H groups in total. The fraction of sp³-hybridized carbons (Fsp3) is 0.455. The van der Waals surface area contributed by atoms with Gasteiger partial charge < -0.3 is 14.2 Å². The summed E-state index contributed by atoms with van der Waals surface area (Å²) in [5.74, 6) is 0.756. The van der Waals surface area contributed by atoms with Gasteiger partial charge in [-0.1, -0.05) is 0 Å². The summed E-state index contributed by atoms with van der Waals surface area (Å²) in [5.41, 5.74) is 0.785. The van der Waals surface area contributed by atoms with Crippen molar-refractivity contribution in [1.82, 2.24) is 4.31 Å². The number of rotatable bonds is 11. The molecule has 2 aromatic carbocycles. The molecule has 0 unspecified atom stereocenters. The van der Waals surface area contributed by atoms with Crippen molar-refractivity contribution in [2.75, 3.05) is 44.7 Å². The lowest BCUT2D eigenvalue weighted by atomic mass is 10.2. The molecule has 1 aliphatic rings. The normalized spacial score (nSPS) is 14.9. The van der Waals surface area contributed by atoms with E-state index in [9.17, 15) is 16.8 Å². The lowest BCUT2D eigenvalue weighted by Gasteiger charge is -2.19. The molecular weight excluding hydrogens is 468 g/mol. The molecule has 0 radical (unpaired) electrons. The van der Waals surface area contributed by atoms with Crippen LogP contribution in [0.1, 0.15) is 25.3 Å². The van der Waals surface area contributed by atoms with Crippen LogP contribution in [-0.2, 0) is 24.8 Å². The number of benzene rings is 2. The molecule has 33 heavy (non-hydrogen) atoms. The average Bonchev–Trinajstić information content (AvgIpc) is 3.32. The van der Waals surface area contributed by atoms with Crippen molar-refractivity contribution in [1.29, 1.82) is 0 Å². The number of anilines is 1. The first kappa shape index (κ1) is 25.3. The SMILES string of the molecule is CCOc1ccc(NS(=O)(=O)c2ccc(OCCOC)c(C)c2)cc1S(=O)(=O)N1CCCC1. The Morgan fingerprint density at radius 2 is 1.64 bits per heavy atom. The first-order valence-electron chi connectivity index (χ1n) is 10.7. The molecule has 11 heteroatoms. The maximum absolute atomic E-state index is 13.2. The van der Waals surface area contributed by atoms with Crippen LogP contribution in [0.4, 0.5) is 5.69 Å². The molecule has 0 bridgehead atoms. The third-order valence-electron chi connectivity index (χ3n) is 5.18. The number of nitrogens with zero attached hydrogens (tertiary/aromatic N) is 1. The van der Waals surface area contributed by atoms with Gasteiger partial charge in [0.2, 0.25) is 10.0 Å². The van der Waals surface area contributed by atoms with Crippen LogP contribution in [0, 0.1) is 6.92 Å². The molecule has 0 atom stereocenters. The molecule has 1 heterocycles. The van der Waals surface area contributed by atoms with Gasteiger partial charge in [-0.25, -0.2) is 16.8 Å². The van der Waals surface area contributed by atoms with Gasteiger partial charge in [-0.3, -0.25) is 4.72 Å². The second-order valence-corrected chi connectivity index (χ2v) is 11.2. The third-order valence-corrected chi connectivity index (χ3v) is 8.48. The van der Waals surface area contributed by atoms with Crippen LogP contribution < -0.4 is 14.2 Å². The summed E-state index contributed by atoms with van der Waals surface area (Å²) in [7, 11) is -6.20. The highest BCUT2D eigenvalue weighted by Crippen LogP contribution is 2.32. The minimum atomic E-state index is -3.96. The van der Waals surface area contributed by atoms with Gasteiger partial charge in [0.05, 0.1) is 23.8 Å². The number of hydrogen-bond acceptors (Lipinski definition) is 7. The minimum absolute atomic E-state index is 0.0388. The summed E-state index contributed by atoms with van der Waals surface area (Å²) in [4.78, 5) is -0.0125. The second-order valence-electron chi connectivity index (χ2n) is 7.58. The topological polar surface area (TPSA) is 111 Å². The Kier molecular flexibility index (Phi) is 8.22. The van der Waals surface area contributed by atoms with Crippen molar-refractivity contribution in [3.63, 3.8) is 0 Å². The van der Waals surface area contributed by atoms with Crippen molar-refractivity contribution in [3.05, 3.63) is 42.0 Å². The van der Waals surface area contributed by atoms with Gasteiger partial charge in [-0.2, -0.15) is 4.31 Å². The summed E-state index contributed by atoms with van der Waals surface area (Å²) in [6, 6.07) is 8.80. The molecule has 2 aromatic rings. The van der Waals surface area contributed by atoms with Crippen molar-refractivity contribution in [2.45, 2.75) is 36.5 Å². The van der Waals surface area contributed by atoms with Gasteiger partial charge in [0.25, 0.3) is 10.0 Å². The maximum Gasteiger partial charge on any atom is 0.261 e. The zero-order valence-corrected chi connectivity index (χ0v) is 20.7. The summed E-state index contributed by atoms with van der Waals surface area (Å²) in [6.45, 7) is 5.42. The van der Waals surface area contributed by atoms with E-state index in [0.29, 0.717) is 37.6 Å². The molecular formula is C22H30N2O7S2. The molecule has 0 aromatic heterocycles. The highest BCUT2D eigenvalue weighted by Gasteiger charge is 2.30. The van der Waals surface area contributed by atoms with Crippen molar-refractivity contribution in [3.8, 4) is 11.5 Å². The van der Waals surface area contributed by atoms with Crippen LogP contribution in [0.3, 0.4) is 0 Å². The highest BCUT2D eigenvalue weighted by atomic mass is 32.2. The molecule has 1 saturated heterocycles. The standard InChI is InChI=1S/C22H30N2O7S2/c1-4-30-21-9-7-18(16-22(21)33(27,28)24-11-5-6-12-24)23-32(25,26)19-8-10-20(17(2)15-19)31-14-13-29-3/h7-10,15-16,23H,4-6,11-14H2,1-3H3. The third kappa shape index (κ3) is 5.97. The van der Waals surface area contributed by atoms with Crippen LogP contribution in [0.2, 0.25) is 0 Å². The van der Waals surface area contributed by atoms with Crippen LogP contribution in [0.5, 0.6) is 11.5 Å². The Hall–Kier alpha value is -2.34. The quantitative estimate of drug-likeness (QED) is 0.474. The Bertz CT molecular complexity index is 1180. The Morgan fingerprint density at radius 1 is 0.939 bits per heavy atom. The predicted molar refractivity (Wildman–Crippen MR) is 125 cm³/mol. The van der Waals surface area contributed by atoms with Gasteiger partial charge in [0, 0.05) is 20.2 Å². The number of nitrogens with one attached hydrogen (secondary N) is 1. The van der Waals surface area contributed by atoms with Gasteiger partial charge in [-0.05, 0) is 68.7 Å². The number of sulfonamides is 2. The number of hydrogen-bond donors (Lipinski definition) is 1. The van der Waals surface area contributed by atoms with E-state index in [-0.39, 0.29) is 27.8 Å². The van der Waals surface area contributed by atoms with E-state index in [1.165, 1.54) is 34.6 Å². The van der Waals surface area contributed by atoms with E-state index in [1.807, 2.05) is 0 Å². The smallest absolute Gasteiger partial charge is 0.261 e. The van der Waals surface area contributed by atoms with Gasteiger partial charge in [0.1, 0.15) is 23.0 Å². The molecule has 0 spiro atoms. The molecule has 9 nitrogen and oxygen atoms in total. The number of aryl methyl sites for hydroxylation is 1. The first-order chi connectivity index (χ1) is 15.7. The van der Waals surface area contributed by atoms with Crippen molar-refractivity contribution in [2.24, 2.45) is 0 Å². The fourth-order valence-electron chi connectivity index (χ4n) is 3.52. The molecule has 1 fully saturated rings. The van der Waals surface area contributed by atoms with Crippen molar-refractivity contribution < 1.29 is 31.0 Å². The zero-order valence-electron chi connectivity index (χ0n) is 19.0. The largest absolute Gasteiger partial charge is 0.492 e. The maximum atomic E-state index is 13.2. The van der Waals surface area contributed by atoms with E-state index in [2.05, 4.69) is 4.72 Å². The highest BCUT2D eigenvalue weighted by molar-refractivity contribution is 7.92. The van der Waals surface area contributed by atoms with E-state index in [0.717, 1.165) is 12.8 Å². The average molecular weight is 499 g/mol. The Morgan fingerprint density at radius 3 is 2.27 bits per heavy atom. The lowest BCUT2D eigenvalue weighted by Crippen LogP contribution is -2.28. The summed E-state index contributed by atoms with van der Waals surface area (Å²) < 4.78 is 72.2. The minimum Gasteiger partial charge on any atom is -0.492 e. The molecule has 0 saturated carbocycles.